The highest BCUT2D eigenvalue weighted by Gasteiger charge is 2.46. The molecule has 3 rings (SSSR count). The molecule has 0 bridgehead atoms. The summed E-state index contributed by atoms with van der Waals surface area (Å²) < 4.78 is 28.4. The van der Waals surface area contributed by atoms with Gasteiger partial charge in [0.2, 0.25) is 6.10 Å². The molecule has 0 aliphatic carbocycles. The van der Waals surface area contributed by atoms with E-state index in [0.29, 0.717) is 0 Å². The van der Waals surface area contributed by atoms with Crippen LogP contribution >= 0.6 is 8.25 Å². The van der Waals surface area contributed by atoms with Crippen LogP contribution < -0.4 is 11.4 Å². The predicted molar refractivity (Wildman–Crippen MR) is 100 cm³/mol. The largest absolute Gasteiger partial charge is 0.698 e. The molecule has 0 amide bonds. The van der Waals surface area contributed by atoms with Crippen molar-refractivity contribution in [3.8, 4) is 0 Å². The van der Waals surface area contributed by atoms with E-state index in [0.717, 1.165) is 4.57 Å². The number of aliphatic carboxylic acids is 1. The Balaban J connectivity index is 1.62. The first-order valence-corrected chi connectivity index (χ1v) is 9.78. The molecule has 1 aromatic heterocycles. The van der Waals surface area contributed by atoms with Crippen LogP contribution in [-0.2, 0) is 23.1 Å². The molecule has 30 heavy (non-hydrogen) atoms. The normalized spacial score (nSPS) is 25.1. The number of carbonyl (C=O) groups is 1. The fraction of sp³-hybridized carbons (Fsp3) is 0.353. The lowest BCUT2D eigenvalue weighted by Crippen LogP contribution is -2.36. The SMILES string of the molecule is Nc1ccn([C@@H]2O[C@H](CO[P+](=O)O[C@H](C(=O)O)c3ccccc3)[C@@H](O)[C@H]2O)c(=O)n1. The number of ether oxygens (including phenoxy) is 1. The molecule has 1 aliphatic rings. The molecular formula is C17H19N3O9P+. The van der Waals surface area contributed by atoms with E-state index in [9.17, 15) is 29.5 Å². The molecule has 6 atom stereocenters. The van der Waals surface area contributed by atoms with E-state index in [1.54, 1.807) is 18.2 Å². The van der Waals surface area contributed by atoms with E-state index in [1.807, 2.05) is 0 Å². The van der Waals surface area contributed by atoms with Gasteiger partial charge in [0, 0.05) is 10.8 Å². The quantitative estimate of drug-likeness (QED) is 0.404. The van der Waals surface area contributed by atoms with Crippen molar-refractivity contribution in [2.75, 3.05) is 12.3 Å². The summed E-state index contributed by atoms with van der Waals surface area (Å²) in [5.41, 5.74) is 4.88. The summed E-state index contributed by atoms with van der Waals surface area (Å²) in [4.78, 5) is 26.8. The summed E-state index contributed by atoms with van der Waals surface area (Å²) in [5, 5.41) is 29.6. The molecule has 1 aliphatic heterocycles. The Morgan fingerprint density at radius 3 is 2.60 bits per heavy atom. The number of anilines is 1. The van der Waals surface area contributed by atoms with Crippen LogP contribution in [-0.4, -0.2) is 55.8 Å². The first-order chi connectivity index (χ1) is 14.3. The van der Waals surface area contributed by atoms with Gasteiger partial charge < -0.3 is 25.8 Å². The van der Waals surface area contributed by atoms with Gasteiger partial charge in [0.1, 0.15) is 30.7 Å². The van der Waals surface area contributed by atoms with Crippen LogP contribution in [0.5, 0.6) is 0 Å². The summed E-state index contributed by atoms with van der Waals surface area (Å²) in [6, 6.07) is 9.17. The highest BCUT2D eigenvalue weighted by molar-refractivity contribution is 7.33. The first kappa shape index (κ1) is 22.0. The van der Waals surface area contributed by atoms with Crippen LogP contribution in [0.25, 0.3) is 0 Å². The van der Waals surface area contributed by atoms with Crippen molar-refractivity contribution in [2.45, 2.75) is 30.6 Å². The van der Waals surface area contributed by atoms with Gasteiger partial charge >= 0.3 is 19.9 Å². The molecule has 0 spiro atoms. The number of nitrogens with zero attached hydrogens (tertiary/aromatic N) is 2. The Labute approximate surface area is 170 Å². The standard InChI is InChI=1S/C17H18N3O9P/c18-11-6-7-20(17(25)19-11)15-13(22)12(21)10(28-15)8-27-30(26)29-14(16(23)24)9-4-2-1-3-5-9/h1-7,10,12-15,21-22H,8H2,(H2-,18,19,23,24,25)/p+1/t10-,12-,13-,14+,15-/m1/s1. The zero-order chi connectivity index (χ0) is 21.8. The van der Waals surface area contributed by atoms with Gasteiger partial charge in [-0.25, -0.2) is 9.59 Å². The minimum atomic E-state index is -2.91. The van der Waals surface area contributed by atoms with Crippen molar-refractivity contribution < 1.29 is 38.5 Å². The molecule has 160 valence electrons. The highest BCUT2D eigenvalue weighted by Crippen LogP contribution is 2.36. The third kappa shape index (κ3) is 4.87. The van der Waals surface area contributed by atoms with Gasteiger partial charge in [-0.15, -0.1) is 4.52 Å². The van der Waals surface area contributed by atoms with Crippen molar-refractivity contribution in [3.63, 3.8) is 0 Å². The lowest BCUT2D eigenvalue weighted by Gasteiger charge is -2.16. The number of benzene rings is 1. The third-order valence-electron chi connectivity index (χ3n) is 4.33. The molecule has 12 nitrogen and oxygen atoms in total. The molecule has 0 saturated carbocycles. The molecule has 1 fully saturated rings. The molecule has 1 aromatic carbocycles. The Hall–Kier alpha value is -2.73. The monoisotopic (exact) mass is 440 g/mol. The second-order valence-corrected chi connectivity index (χ2v) is 7.26. The van der Waals surface area contributed by atoms with Crippen molar-refractivity contribution >= 4 is 20.0 Å². The number of nitrogens with two attached hydrogens (primary N) is 1. The lowest BCUT2D eigenvalue weighted by molar-refractivity contribution is -0.145. The molecular weight excluding hydrogens is 421 g/mol. The first-order valence-electron chi connectivity index (χ1n) is 8.69. The fourth-order valence-electron chi connectivity index (χ4n) is 2.84. The summed E-state index contributed by atoms with van der Waals surface area (Å²) in [7, 11) is -2.91. The number of aromatic nitrogens is 2. The minimum Gasteiger partial charge on any atom is -0.479 e. The third-order valence-corrected chi connectivity index (χ3v) is 5.07. The van der Waals surface area contributed by atoms with Crippen molar-refractivity contribution in [1.29, 1.82) is 0 Å². The number of aliphatic hydroxyl groups is 2. The van der Waals surface area contributed by atoms with Gasteiger partial charge in [0.05, 0.1) is 0 Å². The number of aliphatic hydroxyl groups excluding tert-OH is 2. The van der Waals surface area contributed by atoms with Gasteiger partial charge in [0.25, 0.3) is 0 Å². The average Bonchev–Trinajstić information content (AvgIpc) is 2.99. The maximum absolute atomic E-state index is 12.1. The highest BCUT2D eigenvalue weighted by atomic mass is 31.1. The van der Waals surface area contributed by atoms with E-state index in [2.05, 4.69) is 4.98 Å². The van der Waals surface area contributed by atoms with E-state index < -0.39 is 57.2 Å². The lowest BCUT2D eigenvalue weighted by atomic mass is 10.1. The van der Waals surface area contributed by atoms with Gasteiger partial charge in [-0.2, -0.15) is 4.98 Å². The van der Waals surface area contributed by atoms with Crippen LogP contribution in [0.2, 0.25) is 0 Å². The molecule has 5 N–H and O–H groups in total. The Morgan fingerprint density at radius 2 is 1.97 bits per heavy atom. The van der Waals surface area contributed by atoms with Crippen LogP contribution in [0.15, 0.2) is 47.4 Å². The number of hydrogen-bond acceptors (Lipinski definition) is 10. The van der Waals surface area contributed by atoms with Crippen LogP contribution in [0, 0.1) is 0 Å². The fourth-order valence-corrected chi connectivity index (χ4v) is 3.56. The second-order valence-electron chi connectivity index (χ2n) is 6.34. The summed E-state index contributed by atoms with van der Waals surface area (Å²) >= 11 is 0. The summed E-state index contributed by atoms with van der Waals surface area (Å²) in [6.45, 7) is -0.498. The van der Waals surface area contributed by atoms with Crippen LogP contribution in [0.4, 0.5) is 5.82 Å². The molecule has 1 unspecified atom stereocenters. The molecule has 13 heteroatoms. The van der Waals surface area contributed by atoms with E-state index in [-0.39, 0.29) is 11.4 Å². The van der Waals surface area contributed by atoms with Gasteiger partial charge in [-0.3, -0.25) is 4.57 Å². The van der Waals surface area contributed by atoms with Crippen LogP contribution in [0.3, 0.4) is 0 Å². The average molecular weight is 440 g/mol. The topological polar surface area (TPSA) is 183 Å². The van der Waals surface area contributed by atoms with Crippen molar-refractivity contribution in [2.24, 2.45) is 0 Å². The van der Waals surface area contributed by atoms with Gasteiger partial charge in [-0.1, -0.05) is 34.9 Å². The van der Waals surface area contributed by atoms with Crippen molar-refractivity contribution in [3.05, 3.63) is 58.6 Å². The molecule has 2 aromatic rings. The number of hydrogen-bond donors (Lipinski definition) is 4. The number of carboxylic acid groups (broad SMARTS) is 1. The molecule has 1 saturated heterocycles. The Kier molecular flexibility index (Phi) is 6.87. The predicted octanol–water partition coefficient (Wildman–Crippen LogP) is -0.0388. The van der Waals surface area contributed by atoms with E-state index in [4.69, 9.17) is 19.5 Å². The summed E-state index contributed by atoms with van der Waals surface area (Å²) in [5.74, 6) is -1.39. The maximum atomic E-state index is 12.1. The minimum absolute atomic E-state index is 0.0234. The summed E-state index contributed by atoms with van der Waals surface area (Å²) in [6.07, 6.45) is -5.71. The number of nitrogen functional groups attached to an aromatic ring is 1. The smallest absolute Gasteiger partial charge is 0.479 e. The van der Waals surface area contributed by atoms with Crippen molar-refractivity contribution in [1.82, 2.24) is 9.55 Å². The van der Waals surface area contributed by atoms with E-state index in [1.165, 1.54) is 24.4 Å². The number of rotatable bonds is 8. The molecule has 0 radical (unpaired) electrons. The van der Waals surface area contributed by atoms with Gasteiger partial charge in [-0.05, 0) is 11.6 Å². The van der Waals surface area contributed by atoms with Gasteiger partial charge in [0.15, 0.2) is 6.23 Å². The zero-order valence-electron chi connectivity index (χ0n) is 15.3. The second kappa shape index (κ2) is 9.39. The van der Waals surface area contributed by atoms with Crippen LogP contribution in [0.1, 0.15) is 17.9 Å². The molecule has 2 heterocycles. The maximum Gasteiger partial charge on any atom is 0.698 e. The number of carboxylic acids is 1. The van der Waals surface area contributed by atoms with E-state index >= 15 is 0 Å². The Bertz CT molecular complexity index is 970. The Morgan fingerprint density at radius 1 is 1.27 bits per heavy atom. The zero-order valence-corrected chi connectivity index (χ0v) is 16.2.